The lowest BCUT2D eigenvalue weighted by atomic mass is 9.88. The van der Waals surface area contributed by atoms with Crippen molar-refractivity contribution in [1.29, 1.82) is 0 Å². The highest BCUT2D eigenvalue weighted by molar-refractivity contribution is 6.33. The predicted molar refractivity (Wildman–Crippen MR) is 106 cm³/mol. The van der Waals surface area contributed by atoms with Crippen LogP contribution < -0.4 is 11.1 Å². The molecule has 0 heterocycles. The lowest BCUT2D eigenvalue weighted by molar-refractivity contribution is -0.120. The zero-order chi connectivity index (χ0) is 19.0. The van der Waals surface area contributed by atoms with Gasteiger partial charge in [-0.25, -0.2) is 0 Å². The number of primary amides is 1. The third-order valence-corrected chi connectivity index (χ3v) is 5.26. The molecule has 2 amide bonds. The number of halogens is 1. The summed E-state index contributed by atoms with van der Waals surface area (Å²) in [6, 6.07) is 21.6. The summed E-state index contributed by atoms with van der Waals surface area (Å²) in [6.07, 6.45) is 0. The monoisotopic (exact) mass is 376 g/mol. The van der Waals surface area contributed by atoms with E-state index in [1.54, 1.807) is 24.3 Å². The third-order valence-electron chi connectivity index (χ3n) is 4.93. The number of fused-ring (bicyclic) bond motifs is 3. The molecular weight excluding hydrogens is 360 g/mol. The van der Waals surface area contributed by atoms with E-state index in [9.17, 15) is 9.59 Å². The highest BCUT2D eigenvalue weighted by Crippen LogP contribution is 2.46. The number of benzene rings is 3. The van der Waals surface area contributed by atoms with Gasteiger partial charge in [-0.15, -0.1) is 0 Å². The molecule has 1 atom stereocenters. The maximum absolute atomic E-state index is 12.8. The summed E-state index contributed by atoms with van der Waals surface area (Å²) < 4.78 is 0. The molecule has 1 aliphatic carbocycles. The van der Waals surface area contributed by atoms with Gasteiger partial charge >= 0.3 is 0 Å². The number of carbonyl (C=O) groups excluding carboxylic acids is 2. The van der Waals surface area contributed by atoms with Crippen molar-refractivity contribution in [2.75, 3.05) is 0 Å². The zero-order valence-corrected chi connectivity index (χ0v) is 15.1. The summed E-state index contributed by atoms with van der Waals surface area (Å²) in [6.45, 7) is 0. The average Bonchev–Trinajstić information content (AvgIpc) is 3.00. The summed E-state index contributed by atoms with van der Waals surface area (Å²) in [5, 5.41) is 3.12. The van der Waals surface area contributed by atoms with E-state index in [0.717, 1.165) is 22.3 Å². The molecule has 0 fully saturated rings. The summed E-state index contributed by atoms with van der Waals surface area (Å²) >= 11 is 6.13. The molecule has 5 heteroatoms. The molecule has 0 bridgehead atoms. The Bertz CT molecular complexity index is 1000. The summed E-state index contributed by atoms with van der Waals surface area (Å²) in [4.78, 5) is 25.1. The maximum Gasteiger partial charge on any atom is 0.253 e. The Morgan fingerprint density at radius 2 is 1.37 bits per heavy atom. The van der Waals surface area contributed by atoms with Crippen LogP contribution in [-0.4, -0.2) is 17.9 Å². The lowest BCUT2D eigenvalue weighted by Crippen LogP contribution is -2.48. The molecule has 0 saturated heterocycles. The second-order valence-corrected chi connectivity index (χ2v) is 6.89. The lowest BCUT2D eigenvalue weighted by Gasteiger charge is -2.24. The minimum Gasteiger partial charge on any atom is -0.368 e. The van der Waals surface area contributed by atoms with E-state index in [4.69, 9.17) is 17.3 Å². The van der Waals surface area contributed by atoms with Gasteiger partial charge in [0.05, 0.1) is 10.6 Å². The minimum atomic E-state index is -0.890. The van der Waals surface area contributed by atoms with Gasteiger partial charge in [-0.1, -0.05) is 72.3 Å². The Hall–Kier alpha value is -3.11. The first kappa shape index (κ1) is 17.3. The van der Waals surface area contributed by atoms with Crippen LogP contribution in [0.4, 0.5) is 0 Å². The second kappa shape index (κ2) is 6.89. The zero-order valence-electron chi connectivity index (χ0n) is 14.4. The van der Waals surface area contributed by atoms with E-state index in [0.29, 0.717) is 10.6 Å². The SMILES string of the molecule is NC(=O)[C@@H](NC(=O)c1ccccc1Cl)C1c2ccccc2-c2ccccc21. The molecular formula is C22H17ClN2O2. The van der Waals surface area contributed by atoms with Gasteiger partial charge in [-0.05, 0) is 34.4 Å². The van der Waals surface area contributed by atoms with Crippen LogP contribution in [0.2, 0.25) is 5.02 Å². The van der Waals surface area contributed by atoms with Gasteiger partial charge in [0, 0.05) is 5.92 Å². The Labute approximate surface area is 162 Å². The van der Waals surface area contributed by atoms with E-state index in [1.165, 1.54) is 0 Å². The molecule has 134 valence electrons. The fourth-order valence-electron chi connectivity index (χ4n) is 3.74. The van der Waals surface area contributed by atoms with Gasteiger partial charge < -0.3 is 11.1 Å². The van der Waals surface area contributed by atoms with Crippen LogP contribution in [0.1, 0.15) is 27.4 Å². The molecule has 0 aliphatic heterocycles. The summed E-state index contributed by atoms with van der Waals surface area (Å²) in [5.41, 5.74) is 10.1. The Morgan fingerprint density at radius 1 is 0.852 bits per heavy atom. The number of hydrogen-bond donors (Lipinski definition) is 2. The van der Waals surface area contributed by atoms with Crippen molar-refractivity contribution >= 4 is 23.4 Å². The van der Waals surface area contributed by atoms with Gasteiger partial charge in [0.2, 0.25) is 5.91 Å². The number of amides is 2. The van der Waals surface area contributed by atoms with Crippen molar-refractivity contribution in [3.8, 4) is 11.1 Å². The van der Waals surface area contributed by atoms with E-state index >= 15 is 0 Å². The van der Waals surface area contributed by atoms with Crippen molar-refractivity contribution in [1.82, 2.24) is 5.32 Å². The van der Waals surface area contributed by atoms with Crippen molar-refractivity contribution < 1.29 is 9.59 Å². The van der Waals surface area contributed by atoms with E-state index in [1.807, 2.05) is 48.5 Å². The van der Waals surface area contributed by atoms with Crippen LogP contribution in [0.15, 0.2) is 72.8 Å². The fraction of sp³-hybridized carbons (Fsp3) is 0.0909. The normalized spacial score (nSPS) is 13.5. The molecule has 0 aromatic heterocycles. The number of rotatable bonds is 4. The molecule has 3 aromatic rings. The Morgan fingerprint density at radius 3 is 1.93 bits per heavy atom. The molecule has 0 unspecified atom stereocenters. The number of nitrogens with one attached hydrogen (secondary N) is 1. The van der Waals surface area contributed by atoms with Crippen molar-refractivity contribution in [3.63, 3.8) is 0 Å². The molecule has 4 rings (SSSR count). The molecule has 1 aliphatic rings. The Balaban J connectivity index is 1.76. The standard InChI is InChI=1S/C22H17ClN2O2/c23-18-12-6-5-11-17(18)22(27)25-20(21(24)26)19-15-9-3-1-7-13(15)14-8-2-4-10-16(14)19/h1-12,19-20H,(H2,24,26)(H,25,27)/t20-/m0/s1. The molecule has 27 heavy (non-hydrogen) atoms. The molecule has 3 N–H and O–H groups in total. The van der Waals surface area contributed by atoms with Gasteiger partial charge in [0.15, 0.2) is 0 Å². The largest absolute Gasteiger partial charge is 0.368 e. The van der Waals surface area contributed by atoms with E-state index in [2.05, 4.69) is 5.32 Å². The predicted octanol–water partition coefficient (Wildman–Crippen LogP) is 3.74. The highest BCUT2D eigenvalue weighted by Gasteiger charge is 2.38. The molecule has 0 radical (unpaired) electrons. The summed E-state index contributed by atoms with van der Waals surface area (Å²) in [5.74, 6) is -1.36. The van der Waals surface area contributed by atoms with Gasteiger partial charge in [-0.3, -0.25) is 9.59 Å². The molecule has 4 nitrogen and oxygen atoms in total. The number of nitrogens with two attached hydrogens (primary N) is 1. The Kier molecular flexibility index (Phi) is 4.42. The number of carbonyl (C=O) groups is 2. The van der Waals surface area contributed by atoms with Gasteiger partial charge in [0.1, 0.15) is 6.04 Å². The van der Waals surface area contributed by atoms with Crippen LogP contribution in [0, 0.1) is 0 Å². The minimum absolute atomic E-state index is 0.310. The quantitative estimate of drug-likeness (QED) is 0.728. The molecule has 0 saturated carbocycles. The summed E-state index contributed by atoms with van der Waals surface area (Å²) in [7, 11) is 0. The van der Waals surface area contributed by atoms with Crippen LogP contribution in [-0.2, 0) is 4.79 Å². The van der Waals surface area contributed by atoms with Crippen molar-refractivity contribution in [3.05, 3.63) is 94.5 Å². The fourth-order valence-corrected chi connectivity index (χ4v) is 3.96. The van der Waals surface area contributed by atoms with E-state index in [-0.39, 0.29) is 5.92 Å². The van der Waals surface area contributed by atoms with Crippen molar-refractivity contribution in [2.45, 2.75) is 12.0 Å². The van der Waals surface area contributed by atoms with Gasteiger partial charge in [-0.2, -0.15) is 0 Å². The van der Waals surface area contributed by atoms with Crippen LogP contribution in [0.5, 0.6) is 0 Å². The highest BCUT2D eigenvalue weighted by atomic mass is 35.5. The maximum atomic E-state index is 12.8. The molecule has 0 spiro atoms. The first-order valence-electron chi connectivity index (χ1n) is 8.61. The van der Waals surface area contributed by atoms with Crippen LogP contribution >= 0.6 is 11.6 Å². The smallest absolute Gasteiger partial charge is 0.253 e. The topological polar surface area (TPSA) is 72.2 Å². The second-order valence-electron chi connectivity index (χ2n) is 6.49. The molecule has 3 aromatic carbocycles. The average molecular weight is 377 g/mol. The first-order valence-corrected chi connectivity index (χ1v) is 8.98. The third kappa shape index (κ3) is 2.98. The van der Waals surface area contributed by atoms with E-state index < -0.39 is 17.9 Å². The van der Waals surface area contributed by atoms with Crippen LogP contribution in [0.3, 0.4) is 0 Å². The number of hydrogen-bond acceptors (Lipinski definition) is 2. The van der Waals surface area contributed by atoms with Gasteiger partial charge in [0.25, 0.3) is 5.91 Å². The van der Waals surface area contributed by atoms with Crippen LogP contribution in [0.25, 0.3) is 11.1 Å². The van der Waals surface area contributed by atoms with Crippen molar-refractivity contribution in [2.24, 2.45) is 5.73 Å². The first-order chi connectivity index (χ1) is 13.1.